The fourth-order valence-electron chi connectivity index (χ4n) is 4.13. The van der Waals surface area contributed by atoms with Crippen LogP contribution in [0, 0.1) is 18.3 Å². The molecule has 1 amide bonds. The summed E-state index contributed by atoms with van der Waals surface area (Å²) in [6, 6.07) is 13.2. The van der Waals surface area contributed by atoms with E-state index < -0.39 is 11.8 Å². The molecule has 1 saturated carbocycles. The van der Waals surface area contributed by atoms with Crippen LogP contribution in [0.3, 0.4) is 0 Å². The van der Waals surface area contributed by atoms with Crippen molar-refractivity contribution in [1.29, 1.82) is 0 Å². The van der Waals surface area contributed by atoms with E-state index in [0.717, 1.165) is 16.9 Å². The lowest BCUT2D eigenvalue weighted by Crippen LogP contribution is -2.26. The van der Waals surface area contributed by atoms with Crippen LogP contribution in [0.25, 0.3) is 5.65 Å². The van der Waals surface area contributed by atoms with Crippen molar-refractivity contribution >= 4 is 34.8 Å². The Morgan fingerprint density at radius 2 is 2.03 bits per heavy atom. The number of carbonyl (C=O) groups excluding carboxylic acids is 1. The number of aromatic nitrogens is 4. The standard InChI is InChI=1S/C27H25ClN6O/c1-3-23(19-5-4-6-21(28)11-19)17(2)27(35)33-25-12-24(30-16-31-25)29-13-22-15-34-14-20(18-7-8-18)9-10-26(34)32-22/h1,4-6,9-12,14-18,23H,7-8,13H2,2H3,(H2,29,30,31,33,35)/t17-,23+/m0/s1. The van der Waals surface area contributed by atoms with Crippen LogP contribution in [0.4, 0.5) is 11.6 Å². The molecule has 3 aromatic heterocycles. The molecule has 0 saturated heterocycles. The van der Waals surface area contributed by atoms with Crippen LogP contribution < -0.4 is 10.6 Å². The predicted molar refractivity (Wildman–Crippen MR) is 137 cm³/mol. The maximum Gasteiger partial charge on any atom is 0.229 e. The number of benzene rings is 1. The molecule has 35 heavy (non-hydrogen) atoms. The summed E-state index contributed by atoms with van der Waals surface area (Å²) in [5.41, 5.74) is 4.00. The number of carbonyl (C=O) groups is 1. The molecule has 1 aliphatic carbocycles. The van der Waals surface area contributed by atoms with Crippen molar-refractivity contribution in [3.05, 3.63) is 83.0 Å². The van der Waals surface area contributed by atoms with Gasteiger partial charge in [0.1, 0.15) is 23.6 Å². The Kier molecular flexibility index (Phi) is 6.39. The molecule has 3 heterocycles. The van der Waals surface area contributed by atoms with Crippen LogP contribution in [-0.2, 0) is 11.3 Å². The van der Waals surface area contributed by atoms with Gasteiger partial charge in [0.05, 0.1) is 24.1 Å². The molecule has 1 aromatic carbocycles. The fraction of sp³-hybridized carbons (Fsp3) is 0.259. The molecule has 0 bridgehead atoms. The topological polar surface area (TPSA) is 84.2 Å². The van der Waals surface area contributed by atoms with E-state index in [1.165, 1.54) is 24.7 Å². The van der Waals surface area contributed by atoms with Gasteiger partial charge in [-0.15, -0.1) is 6.42 Å². The van der Waals surface area contributed by atoms with Gasteiger partial charge in [0.2, 0.25) is 5.91 Å². The van der Waals surface area contributed by atoms with Gasteiger partial charge in [0.15, 0.2) is 0 Å². The van der Waals surface area contributed by atoms with Crippen LogP contribution >= 0.6 is 11.6 Å². The van der Waals surface area contributed by atoms with Gasteiger partial charge in [-0.2, -0.15) is 0 Å². The van der Waals surface area contributed by atoms with Gasteiger partial charge in [0.25, 0.3) is 0 Å². The smallest absolute Gasteiger partial charge is 0.229 e. The molecule has 1 aliphatic rings. The van der Waals surface area contributed by atoms with E-state index in [4.69, 9.17) is 18.0 Å². The minimum absolute atomic E-state index is 0.232. The molecule has 8 heteroatoms. The zero-order valence-electron chi connectivity index (χ0n) is 19.3. The van der Waals surface area contributed by atoms with E-state index in [2.05, 4.69) is 54.2 Å². The largest absolute Gasteiger partial charge is 0.364 e. The number of amides is 1. The number of nitrogens with one attached hydrogen (secondary N) is 2. The minimum atomic E-state index is -0.483. The zero-order chi connectivity index (χ0) is 24.4. The van der Waals surface area contributed by atoms with Crippen molar-refractivity contribution in [1.82, 2.24) is 19.4 Å². The number of pyridine rings is 1. The number of halogens is 1. The maximum absolute atomic E-state index is 12.9. The molecule has 0 aliphatic heterocycles. The summed E-state index contributed by atoms with van der Waals surface area (Å²) in [6.45, 7) is 2.29. The van der Waals surface area contributed by atoms with E-state index >= 15 is 0 Å². The Balaban J connectivity index is 1.23. The Hall–Kier alpha value is -3.89. The summed E-state index contributed by atoms with van der Waals surface area (Å²) in [5.74, 6) is 3.26. The molecule has 4 aromatic rings. The highest BCUT2D eigenvalue weighted by Gasteiger charge is 2.25. The second-order valence-corrected chi connectivity index (χ2v) is 9.29. The molecule has 0 unspecified atom stereocenters. The molecular weight excluding hydrogens is 460 g/mol. The van der Waals surface area contributed by atoms with Crippen molar-refractivity contribution in [2.24, 2.45) is 5.92 Å². The van der Waals surface area contributed by atoms with E-state index in [1.807, 2.05) is 18.3 Å². The van der Waals surface area contributed by atoms with E-state index in [1.54, 1.807) is 25.1 Å². The summed E-state index contributed by atoms with van der Waals surface area (Å²) in [5, 5.41) is 6.68. The number of hydrogen-bond donors (Lipinski definition) is 2. The van der Waals surface area contributed by atoms with Crippen molar-refractivity contribution in [3.8, 4) is 12.3 Å². The summed E-state index contributed by atoms with van der Waals surface area (Å²) in [4.78, 5) is 26.0. The third-order valence-electron chi connectivity index (χ3n) is 6.24. The first-order valence-corrected chi connectivity index (χ1v) is 11.9. The number of hydrogen-bond acceptors (Lipinski definition) is 5. The van der Waals surface area contributed by atoms with Crippen molar-refractivity contribution < 1.29 is 4.79 Å². The van der Waals surface area contributed by atoms with Crippen molar-refractivity contribution in [2.75, 3.05) is 10.6 Å². The van der Waals surface area contributed by atoms with Gasteiger partial charge >= 0.3 is 0 Å². The number of anilines is 2. The Morgan fingerprint density at radius 1 is 1.20 bits per heavy atom. The van der Waals surface area contributed by atoms with E-state index in [9.17, 15) is 4.79 Å². The first kappa shape index (κ1) is 22.9. The lowest BCUT2D eigenvalue weighted by molar-refractivity contribution is -0.119. The summed E-state index contributed by atoms with van der Waals surface area (Å²) < 4.78 is 2.07. The normalized spacial score (nSPS) is 14.8. The third kappa shape index (κ3) is 5.28. The SMILES string of the molecule is C#C[C@@H](c1cccc(Cl)c1)[C@H](C)C(=O)Nc1cc(NCc2cn3cc(C4CC4)ccc3n2)ncn1. The zero-order valence-corrected chi connectivity index (χ0v) is 20.0. The second-order valence-electron chi connectivity index (χ2n) is 8.85. The highest BCUT2D eigenvalue weighted by Crippen LogP contribution is 2.39. The van der Waals surface area contributed by atoms with Gasteiger partial charge in [-0.1, -0.05) is 42.6 Å². The second kappa shape index (κ2) is 9.77. The van der Waals surface area contributed by atoms with Crippen LogP contribution in [-0.4, -0.2) is 25.3 Å². The number of terminal acetylenes is 1. The number of fused-ring (bicyclic) bond motifs is 1. The molecule has 1 fully saturated rings. The molecular formula is C27H25ClN6O. The average Bonchev–Trinajstić information content (AvgIpc) is 3.62. The van der Waals surface area contributed by atoms with Crippen LogP contribution in [0.5, 0.6) is 0 Å². The first-order valence-electron chi connectivity index (χ1n) is 11.6. The molecule has 0 radical (unpaired) electrons. The molecule has 7 nitrogen and oxygen atoms in total. The van der Waals surface area contributed by atoms with Gasteiger partial charge in [-0.25, -0.2) is 15.0 Å². The maximum atomic E-state index is 12.9. The highest BCUT2D eigenvalue weighted by molar-refractivity contribution is 6.30. The predicted octanol–water partition coefficient (Wildman–Crippen LogP) is 5.26. The Bertz CT molecular complexity index is 1420. The molecule has 176 valence electrons. The lowest BCUT2D eigenvalue weighted by atomic mass is 9.87. The Labute approximate surface area is 209 Å². The fourth-order valence-corrected chi connectivity index (χ4v) is 4.33. The summed E-state index contributed by atoms with van der Waals surface area (Å²) in [6.07, 6.45) is 13.9. The van der Waals surface area contributed by atoms with Gasteiger partial charge in [-0.05, 0) is 48.1 Å². The molecule has 2 N–H and O–H groups in total. The number of imidazole rings is 1. The van der Waals surface area contributed by atoms with Gasteiger partial charge in [-0.3, -0.25) is 4.79 Å². The van der Waals surface area contributed by atoms with Crippen molar-refractivity contribution in [3.63, 3.8) is 0 Å². The lowest BCUT2D eigenvalue weighted by Gasteiger charge is -2.19. The summed E-state index contributed by atoms with van der Waals surface area (Å²) >= 11 is 6.10. The molecule has 0 spiro atoms. The third-order valence-corrected chi connectivity index (χ3v) is 6.48. The number of nitrogens with zero attached hydrogens (tertiary/aromatic N) is 4. The quantitative estimate of drug-likeness (QED) is 0.333. The Morgan fingerprint density at radius 3 is 2.80 bits per heavy atom. The summed E-state index contributed by atoms with van der Waals surface area (Å²) in [7, 11) is 0. The molecule has 2 atom stereocenters. The number of rotatable bonds is 8. The van der Waals surface area contributed by atoms with Crippen LogP contribution in [0.2, 0.25) is 5.02 Å². The highest BCUT2D eigenvalue weighted by atomic mass is 35.5. The van der Waals surface area contributed by atoms with Gasteiger partial charge < -0.3 is 15.0 Å². The van der Waals surface area contributed by atoms with E-state index in [-0.39, 0.29) is 5.91 Å². The van der Waals surface area contributed by atoms with E-state index in [0.29, 0.717) is 29.1 Å². The minimum Gasteiger partial charge on any atom is -0.364 e. The van der Waals surface area contributed by atoms with Crippen LogP contribution in [0.1, 0.15) is 48.4 Å². The first-order chi connectivity index (χ1) is 17.0. The van der Waals surface area contributed by atoms with Crippen molar-refractivity contribution in [2.45, 2.75) is 38.1 Å². The average molecular weight is 485 g/mol. The monoisotopic (exact) mass is 484 g/mol. The van der Waals surface area contributed by atoms with Crippen LogP contribution in [0.15, 0.2) is 61.2 Å². The van der Waals surface area contributed by atoms with Gasteiger partial charge in [0, 0.05) is 23.5 Å². The molecule has 5 rings (SSSR count).